The van der Waals surface area contributed by atoms with Crippen LogP contribution >= 0.6 is 0 Å². The zero-order valence-corrected chi connectivity index (χ0v) is 14.9. The molecule has 0 spiro atoms. The number of furan rings is 1. The number of nitrogens with zero attached hydrogens (tertiary/aromatic N) is 2. The molecule has 1 aromatic carbocycles. The topological polar surface area (TPSA) is 85.5 Å². The van der Waals surface area contributed by atoms with E-state index in [9.17, 15) is 4.79 Å². The number of carbonyl (C=O) groups excluding carboxylic acids is 1. The SMILES string of the molecule is Cc1oc(-c2ccco2)nc1CC(=O)N(CCN)CCc1ccccc1. The molecule has 0 fully saturated rings. The summed E-state index contributed by atoms with van der Waals surface area (Å²) in [7, 11) is 0. The second kappa shape index (κ2) is 8.49. The average molecular weight is 353 g/mol. The van der Waals surface area contributed by atoms with Gasteiger partial charge in [0.25, 0.3) is 5.89 Å². The quantitative estimate of drug-likeness (QED) is 0.673. The molecule has 2 heterocycles. The van der Waals surface area contributed by atoms with Gasteiger partial charge in [-0.3, -0.25) is 4.79 Å². The van der Waals surface area contributed by atoms with Crippen LogP contribution in [0.4, 0.5) is 0 Å². The minimum absolute atomic E-state index is 0.00576. The van der Waals surface area contributed by atoms with Crippen LogP contribution in [0.1, 0.15) is 17.0 Å². The number of aryl methyl sites for hydroxylation is 1. The minimum Gasteiger partial charge on any atom is -0.459 e. The summed E-state index contributed by atoms with van der Waals surface area (Å²) in [5.74, 6) is 1.56. The van der Waals surface area contributed by atoms with Crippen molar-refractivity contribution in [1.82, 2.24) is 9.88 Å². The van der Waals surface area contributed by atoms with Crippen molar-refractivity contribution < 1.29 is 13.6 Å². The first-order chi connectivity index (χ1) is 12.7. The molecule has 136 valence electrons. The molecule has 0 aliphatic rings. The standard InChI is InChI=1S/C20H23N3O3/c1-15-17(22-20(26-15)18-8-5-13-25-18)14-19(24)23(12-10-21)11-9-16-6-3-2-4-7-16/h2-8,13H,9-12,14,21H2,1H3. The van der Waals surface area contributed by atoms with Gasteiger partial charge in [-0.15, -0.1) is 0 Å². The van der Waals surface area contributed by atoms with E-state index in [1.54, 1.807) is 30.2 Å². The van der Waals surface area contributed by atoms with E-state index in [-0.39, 0.29) is 12.3 Å². The number of hydrogen-bond donors (Lipinski definition) is 1. The minimum atomic E-state index is -0.00576. The van der Waals surface area contributed by atoms with Crippen molar-refractivity contribution >= 4 is 5.91 Å². The Balaban J connectivity index is 1.66. The molecule has 2 N–H and O–H groups in total. The Morgan fingerprint density at radius 2 is 1.96 bits per heavy atom. The van der Waals surface area contributed by atoms with E-state index in [1.165, 1.54) is 5.56 Å². The largest absolute Gasteiger partial charge is 0.459 e. The van der Waals surface area contributed by atoms with Gasteiger partial charge in [0.1, 0.15) is 5.76 Å². The maximum atomic E-state index is 12.7. The molecule has 6 heteroatoms. The van der Waals surface area contributed by atoms with Crippen molar-refractivity contribution in [3.63, 3.8) is 0 Å². The molecule has 2 aromatic heterocycles. The third-order valence-electron chi connectivity index (χ3n) is 4.21. The summed E-state index contributed by atoms with van der Waals surface area (Å²) >= 11 is 0. The van der Waals surface area contributed by atoms with Crippen LogP contribution < -0.4 is 5.73 Å². The number of rotatable bonds is 8. The van der Waals surface area contributed by atoms with Gasteiger partial charge in [0.05, 0.1) is 18.4 Å². The molecule has 1 amide bonds. The van der Waals surface area contributed by atoms with Gasteiger partial charge in [-0.1, -0.05) is 30.3 Å². The highest BCUT2D eigenvalue weighted by Gasteiger charge is 2.19. The highest BCUT2D eigenvalue weighted by Crippen LogP contribution is 2.22. The Hall–Kier alpha value is -2.86. The predicted octanol–water partition coefficient (Wildman–Crippen LogP) is 2.82. The first kappa shape index (κ1) is 17.9. The number of benzene rings is 1. The number of nitrogens with two attached hydrogens (primary N) is 1. The molecule has 0 radical (unpaired) electrons. The monoisotopic (exact) mass is 353 g/mol. The van der Waals surface area contributed by atoms with Gasteiger partial charge in [0.15, 0.2) is 5.76 Å². The summed E-state index contributed by atoms with van der Waals surface area (Å²) in [4.78, 5) is 18.9. The lowest BCUT2D eigenvalue weighted by Gasteiger charge is -2.21. The fourth-order valence-corrected chi connectivity index (χ4v) is 2.78. The van der Waals surface area contributed by atoms with Gasteiger partial charge >= 0.3 is 0 Å². The van der Waals surface area contributed by atoms with E-state index in [0.29, 0.717) is 42.7 Å². The van der Waals surface area contributed by atoms with Crippen LogP contribution in [0.15, 0.2) is 57.6 Å². The Labute approximate surface area is 152 Å². The second-order valence-electron chi connectivity index (χ2n) is 6.08. The van der Waals surface area contributed by atoms with Crippen LogP contribution in [0.25, 0.3) is 11.7 Å². The van der Waals surface area contributed by atoms with E-state index in [1.807, 2.05) is 18.2 Å². The molecule has 0 aliphatic heterocycles. The normalized spacial score (nSPS) is 10.8. The third-order valence-corrected chi connectivity index (χ3v) is 4.21. The number of aromatic nitrogens is 1. The Morgan fingerprint density at radius 1 is 1.15 bits per heavy atom. The molecule has 0 atom stereocenters. The smallest absolute Gasteiger partial charge is 0.263 e. The van der Waals surface area contributed by atoms with Gasteiger partial charge < -0.3 is 19.5 Å². The lowest BCUT2D eigenvalue weighted by atomic mass is 10.1. The highest BCUT2D eigenvalue weighted by molar-refractivity contribution is 5.78. The van der Waals surface area contributed by atoms with Crippen LogP contribution in [0.2, 0.25) is 0 Å². The van der Waals surface area contributed by atoms with E-state index < -0.39 is 0 Å². The van der Waals surface area contributed by atoms with Crippen molar-refractivity contribution in [1.29, 1.82) is 0 Å². The molecule has 0 aliphatic carbocycles. The maximum absolute atomic E-state index is 12.7. The van der Waals surface area contributed by atoms with E-state index in [2.05, 4.69) is 17.1 Å². The van der Waals surface area contributed by atoms with Gasteiger partial charge in [0.2, 0.25) is 5.91 Å². The number of oxazole rings is 1. The Bertz CT molecular complexity index is 825. The molecular formula is C20H23N3O3. The summed E-state index contributed by atoms with van der Waals surface area (Å²) in [6.07, 6.45) is 2.54. The third kappa shape index (κ3) is 4.40. The van der Waals surface area contributed by atoms with Crippen molar-refractivity contribution in [2.45, 2.75) is 19.8 Å². The van der Waals surface area contributed by atoms with Crippen LogP contribution in [-0.4, -0.2) is 35.4 Å². The molecule has 3 rings (SSSR count). The molecule has 0 saturated heterocycles. The molecule has 26 heavy (non-hydrogen) atoms. The van der Waals surface area contributed by atoms with Crippen molar-refractivity contribution in [3.05, 3.63) is 65.7 Å². The first-order valence-electron chi connectivity index (χ1n) is 8.69. The van der Waals surface area contributed by atoms with Crippen molar-refractivity contribution in [2.75, 3.05) is 19.6 Å². The highest BCUT2D eigenvalue weighted by atomic mass is 16.4. The van der Waals surface area contributed by atoms with Crippen LogP contribution in [0, 0.1) is 6.92 Å². The maximum Gasteiger partial charge on any atom is 0.263 e. The van der Waals surface area contributed by atoms with E-state index in [0.717, 1.165) is 6.42 Å². The molecular weight excluding hydrogens is 330 g/mol. The zero-order valence-electron chi connectivity index (χ0n) is 14.9. The second-order valence-corrected chi connectivity index (χ2v) is 6.08. The van der Waals surface area contributed by atoms with Crippen molar-refractivity contribution in [3.8, 4) is 11.7 Å². The van der Waals surface area contributed by atoms with Crippen molar-refractivity contribution in [2.24, 2.45) is 5.73 Å². The van der Waals surface area contributed by atoms with E-state index in [4.69, 9.17) is 14.6 Å². The van der Waals surface area contributed by atoms with Crippen LogP contribution in [0.3, 0.4) is 0 Å². The number of hydrogen-bond acceptors (Lipinski definition) is 5. The zero-order chi connectivity index (χ0) is 18.4. The fourth-order valence-electron chi connectivity index (χ4n) is 2.78. The molecule has 0 unspecified atom stereocenters. The molecule has 3 aromatic rings. The van der Waals surface area contributed by atoms with Gasteiger partial charge in [0, 0.05) is 19.6 Å². The van der Waals surface area contributed by atoms with Gasteiger partial charge in [-0.2, -0.15) is 0 Å². The fraction of sp³-hybridized carbons (Fsp3) is 0.300. The first-order valence-corrected chi connectivity index (χ1v) is 8.69. The summed E-state index contributed by atoms with van der Waals surface area (Å²) in [6, 6.07) is 13.6. The number of carbonyl (C=O) groups is 1. The van der Waals surface area contributed by atoms with Crippen LogP contribution in [0.5, 0.6) is 0 Å². The predicted molar refractivity (Wildman–Crippen MR) is 98.4 cm³/mol. The molecule has 0 bridgehead atoms. The molecule has 0 saturated carbocycles. The summed E-state index contributed by atoms with van der Waals surface area (Å²) in [5.41, 5.74) is 7.51. The lowest BCUT2D eigenvalue weighted by molar-refractivity contribution is -0.130. The van der Waals surface area contributed by atoms with Crippen LogP contribution in [-0.2, 0) is 17.6 Å². The number of amides is 1. The lowest BCUT2D eigenvalue weighted by Crippen LogP contribution is -2.38. The summed E-state index contributed by atoms with van der Waals surface area (Å²) < 4.78 is 10.9. The van der Waals surface area contributed by atoms with Gasteiger partial charge in [-0.05, 0) is 31.0 Å². The summed E-state index contributed by atoms with van der Waals surface area (Å²) in [5, 5.41) is 0. The Kier molecular flexibility index (Phi) is 5.86. The van der Waals surface area contributed by atoms with Gasteiger partial charge in [-0.25, -0.2) is 4.98 Å². The molecule has 6 nitrogen and oxygen atoms in total. The Morgan fingerprint density at radius 3 is 2.65 bits per heavy atom. The average Bonchev–Trinajstić information content (AvgIpc) is 3.30. The van der Waals surface area contributed by atoms with E-state index >= 15 is 0 Å². The summed E-state index contributed by atoms with van der Waals surface area (Å²) in [6.45, 7) is 3.38.